The van der Waals surface area contributed by atoms with Gasteiger partial charge in [0.1, 0.15) is 5.82 Å². The molecule has 0 aliphatic heterocycles. The van der Waals surface area contributed by atoms with Crippen LogP contribution in [0.5, 0.6) is 0 Å². The molecule has 0 saturated heterocycles. The number of likely N-dealkylation sites (N-methyl/N-ethyl adjacent to an activating group) is 1. The third-order valence-electron chi connectivity index (χ3n) is 3.10. The zero-order valence-corrected chi connectivity index (χ0v) is 12.3. The van der Waals surface area contributed by atoms with Crippen LogP contribution in [0.3, 0.4) is 0 Å². The molecule has 108 valence electrons. The molecule has 0 heterocycles. The van der Waals surface area contributed by atoms with Crippen molar-refractivity contribution < 1.29 is 4.39 Å². The Bertz CT molecular complexity index is 380. The summed E-state index contributed by atoms with van der Waals surface area (Å²) in [5, 5.41) is 0. The molecule has 0 aromatic heterocycles. The van der Waals surface area contributed by atoms with E-state index < -0.39 is 0 Å². The van der Waals surface area contributed by atoms with Gasteiger partial charge in [0.25, 0.3) is 0 Å². The van der Waals surface area contributed by atoms with Crippen LogP contribution in [0.15, 0.2) is 18.2 Å². The van der Waals surface area contributed by atoms with Crippen LogP contribution in [-0.4, -0.2) is 45.2 Å². The van der Waals surface area contributed by atoms with E-state index in [0.29, 0.717) is 12.2 Å². The molecule has 0 aliphatic rings. The van der Waals surface area contributed by atoms with Crippen molar-refractivity contribution in [2.24, 2.45) is 5.73 Å². The maximum Gasteiger partial charge on any atom is 0.146 e. The van der Waals surface area contributed by atoms with Crippen molar-refractivity contribution in [1.82, 2.24) is 4.90 Å². The lowest BCUT2D eigenvalue weighted by molar-refractivity contribution is 0.412. The molecule has 1 rings (SSSR count). The first-order valence-electron chi connectivity index (χ1n) is 6.96. The van der Waals surface area contributed by atoms with E-state index in [9.17, 15) is 4.39 Å². The standard InChI is InChI=1S/C15H26FN3/c1-4-9-19(11-10-18(2)3)15-6-5-13(7-8-17)12-14(15)16/h5-6,12H,4,7-11,17H2,1-3H3. The molecule has 3 nitrogen and oxygen atoms in total. The zero-order chi connectivity index (χ0) is 14.3. The van der Waals surface area contributed by atoms with Crippen molar-refractivity contribution >= 4 is 5.69 Å². The molecule has 0 fully saturated rings. The van der Waals surface area contributed by atoms with Gasteiger partial charge in [-0.3, -0.25) is 0 Å². The Morgan fingerprint density at radius 1 is 1.16 bits per heavy atom. The number of nitrogens with zero attached hydrogens (tertiary/aromatic N) is 2. The number of anilines is 1. The lowest BCUT2D eigenvalue weighted by Gasteiger charge is -2.26. The monoisotopic (exact) mass is 267 g/mol. The lowest BCUT2D eigenvalue weighted by Crippen LogP contribution is -2.33. The summed E-state index contributed by atoms with van der Waals surface area (Å²) < 4.78 is 14.2. The van der Waals surface area contributed by atoms with Gasteiger partial charge in [0.15, 0.2) is 0 Å². The van der Waals surface area contributed by atoms with E-state index >= 15 is 0 Å². The van der Waals surface area contributed by atoms with Crippen LogP contribution >= 0.6 is 0 Å². The highest BCUT2D eigenvalue weighted by Crippen LogP contribution is 2.21. The molecule has 1 aromatic carbocycles. The maximum atomic E-state index is 14.2. The summed E-state index contributed by atoms with van der Waals surface area (Å²) in [6.07, 6.45) is 1.74. The predicted octanol–water partition coefficient (Wildman–Crippen LogP) is 2.10. The second kappa shape index (κ2) is 8.12. The minimum absolute atomic E-state index is 0.141. The van der Waals surface area contributed by atoms with Gasteiger partial charge in [-0.1, -0.05) is 13.0 Å². The molecule has 0 unspecified atom stereocenters. The molecule has 0 bridgehead atoms. The van der Waals surface area contributed by atoms with Crippen LogP contribution in [-0.2, 0) is 6.42 Å². The number of halogens is 1. The van der Waals surface area contributed by atoms with Crippen molar-refractivity contribution in [3.8, 4) is 0 Å². The van der Waals surface area contributed by atoms with Gasteiger partial charge < -0.3 is 15.5 Å². The second-order valence-corrected chi connectivity index (χ2v) is 5.11. The molecule has 4 heteroatoms. The van der Waals surface area contributed by atoms with Gasteiger partial charge >= 0.3 is 0 Å². The van der Waals surface area contributed by atoms with Gasteiger partial charge in [-0.05, 0) is 51.2 Å². The molecular weight excluding hydrogens is 241 g/mol. The van der Waals surface area contributed by atoms with E-state index in [1.807, 2.05) is 26.2 Å². The van der Waals surface area contributed by atoms with Crippen LogP contribution in [0.25, 0.3) is 0 Å². The highest BCUT2D eigenvalue weighted by Gasteiger charge is 2.11. The lowest BCUT2D eigenvalue weighted by atomic mass is 10.1. The molecule has 0 spiro atoms. The van der Waals surface area contributed by atoms with Crippen LogP contribution in [0.1, 0.15) is 18.9 Å². The highest BCUT2D eigenvalue weighted by atomic mass is 19.1. The molecule has 19 heavy (non-hydrogen) atoms. The maximum absolute atomic E-state index is 14.2. The van der Waals surface area contributed by atoms with E-state index in [4.69, 9.17) is 5.73 Å². The van der Waals surface area contributed by atoms with Gasteiger partial charge in [0, 0.05) is 19.6 Å². The van der Waals surface area contributed by atoms with Crippen LogP contribution in [0.2, 0.25) is 0 Å². The topological polar surface area (TPSA) is 32.5 Å². The first kappa shape index (κ1) is 15.9. The quantitative estimate of drug-likeness (QED) is 0.783. The summed E-state index contributed by atoms with van der Waals surface area (Å²) in [6, 6.07) is 5.47. The highest BCUT2D eigenvalue weighted by molar-refractivity contribution is 5.49. The van der Waals surface area contributed by atoms with E-state index in [1.54, 1.807) is 6.07 Å². The second-order valence-electron chi connectivity index (χ2n) is 5.11. The molecule has 0 saturated carbocycles. The summed E-state index contributed by atoms with van der Waals surface area (Å²) in [4.78, 5) is 4.23. The van der Waals surface area contributed by atoms with Gasteiger partial charge in [-0.15, -0.1) is 0 Å². The number of hydrogen-bond acceptors (Lipinski definition) is 3. The average Bonchev–Trinajstić information content (AvgIpc) is 2.35. The van der Waals surface area contributed by atoms with Crippen molar-refractivity contribution in [1.29, 1.82) is 0 Å². The summed E-state index contributed by atoms with van der Waals surface area (Å²) in [5.41, 5.74) is 7.16. The Kier molecular flexibility index (Phi) is 6.81. The zero-order valence-electron chi connectivity index (χ0n) is 12.3. The molecule has 1 aromatic rings. The van der Waals surface area contributed by atoms with Gasteiger partial charge in [-0.2, -0.15) is 0 Å². The predicted molar refractivity (Wildman–Crippen MR) is 80.2 cm³/mol. The first-order valence-corrected chi connectivity index (χ1v) is 6.96. The van der Waals surface area contributed by atoms with Crippen molar-refractivity contribution in [3.63, 3.8) is 0 Å². The third-order valence-corrected chi connectivity index (χ3v) is 3.10. The van der Waals surface area contributed by atoms with E-state index in [2.05, 4.69) is 16.7 Å². The first-order chi connectivity index (χ1) is 9.08. The Balaban J connectivity index is 2.82. The Morgan fingerprint density at radius 3 is 2.42 bits per heavy atom. The largest absolute Gasteiger partial charge is 0.368 e. The Morgan fingerprint density at radius 2 is 1.89 bits per heavy atom. The number of hydrogen-bond donors (Lipinski definition) is 1. The third kappa shape index (κ3) is 5.17. The minimum atomic E-state index is -0.141. The van der Waals surface area contributed by atoms with E-state index in [1.165, 1.54) is 0 Å². The smallest absolute Gasteiger partial charge is 0.146 e. The van der Waals surface area contributed by atoms with Gasteiger partial charge in [-0.25, -0.2) is 4.39 Å². The van der Waals surface area contributed by atoms with Crippen LogP contribution in [0.4, 0.5) is 10.1 Å². The fourth-order valence-electron chi connectivity index (χ4n) is 2.07. The molecule has 0 radical (unpaired) electrons. The average molecular weight is 267 g/mol. The SMILES string of the molecule is CCCN(CCN(C)C)c1ccc(CCN)cc1F. The van der Waals surface area contributed by atoms with Gasteiger partial charge in [0.05, 0.1) is 5.69 Å². The fourth-order valence-corrected chi connectivity index (χ4v) is 2.07. The fraction of sp³-hybridized carbons (Fsp3) is 0.600. The van der Waals surface area contributed by atoms with Crippen molar-refractivity contribution in [2.75, 3.05) is 45.2 Å². The van der Waals surface area contributed by atoms with Gasteiger partial charge in [0.2, 0.25) is 0 Å². The molecule has 0 atom stereocenters. The summed E-state index contributed by atoms with van der Waals surface area (Å²) in [5.74, 6) is -0.141. The molecule has 0 amide bonds. The van der Waals surface area contributed by atoms with Crippen molar-refractivity contribution in [2.45, 2.75) is 19.8 Å². The summed E-state index contributed by atoms with van der Waals surface area (Å²) in [6.45, 7) is 5.31. The van der Waals surface area contributed by atoms with Crippen molar-refractivity contribution in [3.05, 3.63) is 29.6 Å². The Labute approximate surface area is 116 Å². The summed E-state index contributed by atoms with van der Waals surface area (Å²) >= 11 is 0. The summed E-state index contributed by atoms with van der Waals surface area (Å²) in [7, 11) is 4.07. The number of nitrogens with two attached hydrogens (primary N) is 1. The normalized spacial score (nSPS) is 11.1. The Hall–Kier alpha value is -1.13. The van der Waals surface area contributed by atoms with Crippen LogP contribution in [0, 0.1) is 5.82 Å². The van der Waals surface area contributed by atoms with Crippen LogP contribution < -0.4 is 10.6 Å². The molecule has 0 aliphatic carbocycles. The number of rotatable bonds is 8. The van der Waals surface area contributed by atoms with E-state index in [-0.39, 0.29) is 5.82 Å². The molecular formula is C15H26FN3. The number of benzene rings is 1. The van der Waals surface area contributed by atoms with E-state index in [0.717, 1.165) is 38.0 Å². The minimum Gasteiger partial charge on any atom is -0.368 e. The molecule has 2 N–H and O–H groups in total.